The summed E-state index contributed by atoms with van der Waals surface area (Å²) in [4.78, 5) is 4.58. The van der Waals surface area contributed by atoms with E-state index in [1.165, 1.54) is 6.26 Å². The van der Waals surface area contributed by atoms with Crippen LogP contribution in [-0.4, -0.2) is 68.9 Å². The van der Waals surface area contributed by atoms with E-state index in [0.717, 1.165) is 18.4 Å². The van der Waals surface area contributed by atoms with Crippen molar-refractivity contribution in [3.8, 4) is 0 Å². The maximum Gasteiger partial charge on any atom is 0.211 e. The number of nitrogens with zero attached hydrogens (tertiary/aromatic N) is 2. The Bertz CT molecular complexity index is 679. The Hall–Kier alpha value is -1.64. The Morgan fingerprint density at radius 3 is 2.69 bits per heavy atom. The quantitative estimate of drug-likeness (QED) is 0.455. The van der Waals surface area contributed by atoms with E-state index >= 15 is 0 Å². The fourth-order valence-corrected chi connectivity index (χ4v) is 4.38. The summed E-state index contributed by atoms with van der Waals surface area (Å²) in [5, 5.41) is 16.1. The van der Waals surface area contributed by atoms with Crippen molar-refractivity contribution in [3.05, 3.63) is 35.9 Å². The van der Waals surface area contributed by atoms with Gasteiger partial charge < -0.3 is 15.7 Å². The molecule has 1 saturated heterocycles. The van der Waals surface area contributed by atoms with Gasteiger partial charge in [0.1, 0.15) is 0 Å². The molecular weight excluding hydrogens is 352 g/mol. The van der Waals surface area contributed by atoms with E-state index in [-0.39, 0.29) is 18.6 Å². The van der Waals surface area contributed by atoms with Gasteiger partial charge in [-0.2, -0.15) is 4.31 Å². The van der Waals surface area contributed by atoms with Crippen molar-refractivity contribution in [2.24, 2.45) is 4.99 Å². The lowest BCUT2D eigenvalue weighted by Gasteiger charge is -2.23. The molecule has 1 aliphatic rings. The molecule has 0 aromatic heterocycles. The van der Waals surface area contributed by atoms with Crippen molar-refractivity contribution in [2.75, 3.05) is 39.0 Å². The molecule has 1 fully saturated rings. The molecule has 146 valence electrons. The SMILES string of the molecule is CCNC(=NCC(CO)c1ccccc1)NC[C@H]1CCCN1S(C)(=O)=O. The Balaban J connectivity index is 1.98. The number of aliphatic hydroxyl groups is 1. The molecule has 3 N–H and O–H groups in total. The third-order valence-corrected chi connectivity index (χ3v) is 5.89. The van der Waals surface area contributed by atoms with Crippen molar-refractivity contribution in [1.29, 1.82) is 0 Å². The average Bonchev–Trinajstić information content (AvgIpc) is 3.10. The maximum absolute atomic E-state index is 11.8. The highest BCUT2D eigenvalue weighted by Crippen LogP contribution is 2.19. The molecule has 0 saturated carbocycles. The van der Waals surface area contributed by atoms with Crippen LogP contribution >= 0.6 is 0 Å². The summed E-state index contributed by atoms with van der Waals surface area (Å²) < 4.78 is 25.3. The minimum Gasteiger partial charge on any atom is -0.396 e. The van der Waals surface area contributed by atoms with Gasteiger partial charge in [-0.25, -0.2) is 8.42 Å². The fraction of sp³-hybridized carbons (Fsp3) is 0.611. The monoisotopic (exact) mass is 382 g/mol. The van der Waals surface area contributed by atoms with Gasteiger partial charge in [0, 0.05) is 31.6 Å². The van der Waals surface area contributed by atoms with E-state index in [0.29, 0.717) is 32.1 Å². The third-order valence-electron chi connectivity index (χ3n) is 4.56. The zero-order valence-corrected chi connectivity index (χ0v) is 16.4. The molecule has 1 aromatic carbocycles. The Kier molecular flexibility index (Phi) is 7.86. The van der Waals surface area contributed by atoms with Crippen LogP contribution in [0.3, 0.4) is 0 Å². The maximum atomic E-state index is 11.8. The molecule has 0 amide bonds. The summed E-state index contributed by atoms with van der Waals surface area (Å²) in [6, 6.07) is 9.77. The van der Waals surface area contributed by atoms with Crippen molar-refractivity contribution in [3.63, 3.8) is 0 Å². The molecule has 1 heterocycles. The Morgan fingerprint density at radius 2 is 2.08 bits per heavy atom. The second-order valence-corrected chi connectivity index (χ2v) is 8.50. The molecule has 8 heteroatoms. The van der Waals surface area contributed by atoms with E-state index in [1.807, 2.05) is 37.3 Å². The average molecular weight is 383 g/mol. The van der Waals surface area contributed by atoms with Crippen molar-refractivity contribution < 1.29 is 13.5 Å². The summed E-state index contributed by atoms with van der Waals surface area (Å²) >= 11 is 0. The molecule has 7 nitrogen and oxygen atoms in total. The third kappa shape index (κ3) is 5.96. The number of aliphatic hydroxyl groups excluding tert-OH is 1. The van der Waals surface area contributed by atoms with Gasteiger partial charge in [-0.3, -0.25) is 4.99 Å². The summed E-state index contributed by atoms with van der Waals surface area (Å²) in [7, 11) is -3.18. The van der Waals surface area contributed by atoms with Crippen LogP contribution in [0.2, 0.25) is 0 Å². The molecule has 0 bridgehead atoms. The van der Waals surface area contributed by atoms with Gasteiger partial charge in [-0.1, -0.05) is 30.3 Å². The molecule has 2 atom stereocenters. The number of sulfonamides is 1. The van der Waals surface area contributed by atoms with E-state index < -0.39 is 10.0 Å². The Labute approximate surface area is 156 Å². The van der Waals surface area contributed by atoms with Gasteiger partial charge in [0.05, 0.1) is 19.4 Å². The number of nitrogens with one attached hydrogen (secondary N) is 2. The highest BCUT2D eigenvalue weighted by atomic mass is 32.2. The molecule has 2 rings (SSSR count). The predicted molar refractivity (Wildman–Crippen MR) is 105 cm³/mol. The van der Waals surface area contributed by atoms with Gasteiger partial charge in [-0.15, -0.1) is 0 Å². The molecule has 1 unspecified atom stereocenters. The van der Waals surface area contributed by atoms with Crippen molar-refractivity contribution >= 4 is 16.0 Å². The minimum atomic E-state index is -3.18. The van der Waals surface area contributed by atoms with Gasteiger partial charge in [0.15, 0.2) is 5.96 Å². The number of guanidine groups is 1. The number of hydrogen-bond donors (Lipinski definition) is 3. The van der Waals surface area contributed by atoms with Gasteiger partial charge in [0.25, 0.3) is 0 Å². The van der Waals surface area contributed by atoms with Gasteiger partial charge in [0.2, 0.25) is 10.0 Å². The standard InChI is InChI=1S/C18H30N4O3S/c1-3-19-18(20-12-16(14-23)15-8-5-4-6-9-15)21-13-17-10-7-11-22(17)26(2,24)25/h4-6,8-9,16-17,23H,3,7,10-14H2,1-2H3,(H2,19,20,21)/t16?,17-/m1/s1. The molecular formula is C18H30N4O3S. The highest BCUT2D eigenvalue weighted by molar-refractivity contribution is 7.88. The first-order valence-corrected chi connectivity index (χ1v) is 10.9. The first kappa shape index (κ1) is 20.7. The Morgan fingerprint density at radius 1 is 1.35 bits per heavy atom. The lowest BCUT2D eigenvalue weighted by atomic mass is 10.0. The fourth-order valence-electron chi connectivity index (χ4n) is 3.20. The molecule has 0 spiro atoms. The number of aliphatic imine (C=N–C) groups is 1. The van der Waals surface area contributed by atoms with Crippen molar-refractivity contribution in [1.82, 2.24) is 14.9 Å². The van der Waals surface area contributed by atoms with E-state index in [2.05, 4.69) is 15.6 Å². The zero-order chi connectivity index (χ0) is 19.0. The second kappa shape index (κ2) is 9.89. The molecule has 26 heavy (non-hydrogen) atoms. The van der Waals surface area contributed by atoms with Gasteiger partial charge >= 0.3 is 0 Å². The molecule has 0 radical (unpaired) electrons. The summed E-state index contributed by atoms with van der Waals surface area (Å²) in [5.74, 6) is 0.577. The van der Waals surface area contributed by atoms with Crippen LogP contribution in [0.25, 0.3) is 0 Å². The summed E-state index contributed by atoms with van der Waals surface area (Å²) in [5.41, 5.74) is 1.05. The highest BCUT2D eigenvalue weighted by Gasteiger charge is 2.31. The van der Waals surface area contributed by atoms with Crippen LogP contribution in [0.1, 0.15) is 31.2 Å². The second-order valence-electron chi connectivity index (χ2n) is 6.56. The topological polar surface area (TPSA) is 94.0 Å². The van der Waals surface area contributed by atoms with E-state index in [9.17, 15) is 13.5 Å². The summed E-state index contributed by atoms with van der Waals surface area (Å²) in [6.45, 7) is 4.28. The number of hydrogen-bond acceptors (Lipinski definition) is 4. The molecule has 0 aliphatic carbocycles. The van der Waals surface area contributed by atoms with Crippen molar-refractivity contribution in [2.45, 2.75) is 31.7 Å². The van der Waals surface area contributed by atoms with Crippen LogP contribution in [0, 0.1) is 0 Å². The molecule has 1 aliphatic heterocycles. The first-order chi connectivity index (χ1) is 12.5. The lowest BCUT2D eigenvalue weighted by Crippen LogP contribution is -2.46. The van der Waals surface area contributed by atoms with E-state index in [4.69, 9.17) is 0 Å². The summed E-state index contributed by atoms with van der Waals surface area (Å²) in [6.07, 6.45) is 2.99. The minimum absolute atomic E-state index is 0.0252. The predicted octanol–water partition coefficient (Wildman–Crippen LogP) is 0.742. The van der Waals surface area contributed by atoms with E-state index in [1.54, 1.807) is 4.31 Å². The van der Waals surface area contributed by atoms with Crippen LogP contribution in [0.15, 0.2) is 35.3 Å². The largest absolute Gasteiger partial charge is 0.396 e. The lowest BCUT2D eigenvalue weighted by molar-refractivity contribution is 0.268. The molecule has 1 aromatic rings. The smallest absolute Gasteiger partial charge is 0.211 e. The number of benzene rings is 1. The normalized spacial score (nSPS) is 20.1. The van der Waals surface area contributed by atoms with Crippen LogP contribution in [-0.2, 0) is 10.0 Å². The zero-order valence-electron chi connectivity index (χ0n) is 15.6. The van der Waals surface area contributed by atoms with Crippen LogP contribution < -0.4 is 10.6 Å². The van der Waals surface area contributed by atoms with Gasteiger partial charge in [-0.05, 0) is 25.3 Å². The first-order valence-electron chi connectivity index (χ1n) is 9.10. The van der Waals surface area contributed by atoms with Crippen LogP contribution in [0.5, 0.6) is 0 Å². The number of rotatable bonds is 8. The van der Waals surface area contributed by atoms with Crippen LogP contribution in [0.4, 0.5) is 0 Å².